The highest BCUT2D eigenvalue weighted by Crippen LogP contribution is 2.27. The molecule has 2 aromatic rings. The molecule has 26 heavy (non-hydrogen) atoms. The molecule has 1 aliphatic carbocycles. The van der Waals surface area contributed by atoms with Gasteiger partial charge in [-0.3, -0.25) is 4.79 Å². The van der Waals surface area contributed by atoms with Gasteiger partial charge in [0.1, 0.15) is 5.82 Å². The Bertz CT molecular complexity index is 951. The highest BCUT2D eigenvalue weighted by Gasteiger charge is 2.31. The first-order chi connectivity index (χ1) is 12.4. The van der Waals surface area contributed by atoms with Gasteiger partial charge in [0.25, 0.3) is 5.91 Å². The van der Waals surface area contributed by atoms with Crippen molar-refractivity contribution in [2.45, 2.75) is 38.1 Å². The molecule has 1 aliphatic heterocycles. The van der Waals surface area contributed by atoms with E-state index < -0.39 is 9.84 Å². The van der Waals surface area contributed by atoms with Crippen molar-refractivity contribution in [3.8, 4) is 5.69 Å². The molecule has 1 N–H and O–H groups in total. The van der Waals surface area contributed by atoms with Gasteiger partial charge in [0.15, 0.2) is 15.5 Å². The normalized spacial score (nSPS) is 21.3. The first kappa shape index (κ1) is 17.2. The van der Waals surface area contributed by atoms with Crippen LogP contribution in [0.1, 0.15) is 41.0 Å². The van der Waals surface area contributed by atoms with E-state index in [9.17, 15) is 17.6 Å². The van der Waals surface area contributed by atoms with E-state index in [0.29, 0.717) is 17.8 Å². The minimum atomic E-state index is -3.06. The summed E-state index contributed by atoms with van der Waals surface area (Å²) in [6, 6.07) is 5.66. The fourth-order valence-corrected chi connectivity index (χ4v) is 5.41. The van der Waals surface area contributed by atoms with E-state index >= 15 is 0 Å². The number of benzene rings is 1. The van der Waals surface area contributed by atoms with Gasteiger partial charge < -0.3 is 5.32 Å². The van der Waals surface area contributed by atoms with Gasteiger partial charge in [-0.1, -0.05) is 0 Å². The molecule has 8 heteroatoms. The van der Waals surface area contributed by atoms with E-state index in [4.69, 9.17) is 0 Å². The number of carbonyl (C=O) groups excluding carboxylic acids is 1. The Hall–Kier alpha value is -2.22. The third-order valence-electron chi connectivity index (χ3n) is 5.03. The molecule has 0 spiro atoms. The van der Waals surface area contributed by atoms with E-state index in [1.165, 1.54) is 12.1 Å². The van der Waals surface area contributed by atoms with E-state index in [1.54, 1.807) is 16.8 Å². The average molecular weight is 377 g/mol. The maximum Gasteiger partial charge on any atom is 0.272 e. The first-order valence-corrected chi connectivity index (χ1v) is 10.6. The smallest absolute Gasteiger partial charge is 0.272 e. The van der Waals surface area contributed by atoms with Crippen molar-refractivity contribution >= 4 is 15.7 Å². The number of rotatable bonds is 3. The van der Waals surface area contributed by atoms with Crippen molar-refractivity contribution in [1.82, 2.24) is 15.1 Å². The predicted octanol–water partition coefficient (Wildman–Crippen LogP) is 1.81. The molecule has 0 saturated carbocycles. The molecule has 1 atom stereocenters. The molecule has 0 unspecified atom stereocenters. The number of hydrogen-bond donors (Lipinski definition) is 1. The number of amides is 1. The third-order valence-corrected chi connectivity index (χ3v) is 6.80. The van der Waals surface area contributed by atoms with Crippen LogP contribution < -0.4 is 5.32 Å². The maximum absolute atomic E-state index is 13.2. The van der Waals surface area contributed by atoms with Crippen molar-refractivity contribution in [1.29, 1.82) is 0 Å². The van der Waals surface area contributed by atoms with Gasteiger partial charge in [0.2, 0.25) is 0 Å². The lowest BCUT2D eigenvalue weighted by Gasteiger charge is -2.14. The number of hydrogen-bond acceptors (Lipinski definition) is 4. The highest BCUT2D eigenvalue weighted by molar-refractivity contribution is 7.91. The number of carbonyl (C=O) groups is 1. The molecule has 2 heterocycles. The van der Waals surface area contributed by atoms with E-state index in [0.717, 1.165) is 36.9 Å². The van der Waals surface area contributed by atoms with Gasteiger partial charge in [-0.15, -0.1) is 0 Å². The van der Waals surface area contributed by atoms with Crippen LogP contribution in [0.4, 0.5) is 4.39 Å². The lowest BCUT2D eigenvalue weighted by Crippen LogP contribution is -2.36. The number of aromatic nitrogens is 2. The maximum atomic E-state index is 13.2. The second-order valence-corrected chi connectivity index (χ2v) is 9.17. The van der Waals surface area contributed by atoms with Crippen LogP contribution in [0, 0.1) is 5.82 Å². The Balaban J connectivity index is 1.66. The first-order valence-electron chi connectivity index (χ1n) is 8.81. The van der Waals surface area contributed by atoms with Crippen LogP contribution >= 0.6 is 0 Å². The molecule has 138 valence electrons. The summed E-state index contributed by atoms with van der Waals surface area (Å²) in [6.07, 6.45) is 4.02. The second kappa shape index (κ2) is 6.50. The zero-order valence-electron chi connectivity index (χ0n) is 14.2. The van der Waals surface area contributed by atoms with Gasteiger partial charge in [-0.05, 0) is 56.4 Å². The summed E-state index contributed by atoms with van der Waals surface area (Å²) in [6.45, 7) is 0. The Morgan fingerprint density at radius 2 is 1.92 bits per heavy atom. The topological polar surface area (TPSA) is 81.1 Å². The molecule has 0 bridgehead atoms. The summed E-state index contributed by atoms with van der Waals surface area (Å²) in [5.41, 5.74) is 2.96. The summed E-state index contributed by atoms with van der Waals surface area (Å²) in [5.74, 6) is -0.555. The minimum Gasteiger partial charge on any atom is -0.347 e. The van der Waals surface area contributed by atoms with Crippen molar-refractivity contribution in [3.63, 3.8) is 0 Å². The van der Waals surface area contributed by atoms with Gasteiger partial charge in [-0.2, -0.15) is 5.10 Å². The number of nitrogens with zero attached hydrogens (tertiary/aromatic N) is 2. The zero-order chi connectivity index (χ0) is 18.3. The summed E-state index contributed by atoms with van der Waals surface area (Å²) < 4.78 is 38.2. The van der Waals surface area contributed by atoms with E-state index in [1.807, 2.05) is 0 Å². The molecule has 1 aromatic carbocycles. The number of nitrogens with one attached hydrogen (secondary N) is 1. The molecule has 1 fully saturated rings. The second-order valence-electron chi connectivity index (χ2n) is 6.94. The van der Waals surface area contributed by atoms with Crippen molar-refractivity contribution < 1.29 is 17.6 Å². The molecule has 2 aliphatic rings. The van der Waals surface area contributed by atoms with Crippen LogP contribution in [-0.4, -0.2) is 41.7 Å². The average Bonchev–Trinajstić information content (AvgIpc) is 3.16. The van der Waals surface area contributed by atoms with Crippen LogP contribution in [0.5, 0.6) is 0 Å². The molecule has 4 rings (SSSR count). The van der Waals surface area contributed by atoms with Crippen molar-refractivity contribution in [3.05, 3.63) is 47.0 Å². The molecule has 6 nitrogen and oxygen atoms in total. The number of sulfone groups is 1. The zero-order valence-corrected chi connectivity index (χ0v) is 15.1. The molecular weight excluding hydrogens is 357 g/mol. The molecule has 1 saturated heterocycles. The standard InChI is InChI=1S/C18H20FN3O3S/c19-12-5-7-14(8-6-12)22-16-4-2-1-3-15(16)17(21-22)18(23)20-13-9-10-26(24,25)11-13/h5-8,13H,1-4,9-11H2,(H,20,23)/t13-/m1/s1. The lowest BCUT2D eigenvalue weighted by molar-refractivity contribution is 0.0934. The van der Waals surface area contributed by atoms with Gasteiger partial charge >= 0.3 is 0 Å². The fraction of sp³-hybridized carbons (Fsp3) is 0.444. The Kier molecular flexibility index (Phi) is 4.30. The molecule has 1 aromatic heterocycles. The molecule has 1 amide bonds. The number of fused-ring (bicyclic) bond motifs is 1. The molecular formula is C18H20FN3O3S. The number of halogens is 1. The summed E-state index contributed by atoms with van der Waals surface area (Å²) in [4.78, 5) is 12.7. The largest absolute Gasteiger partial charge is 0.347 e. The van der Waals surface area contributed by atoms with Crippen LogP contribution in [0.25, 0.3) is 5.69 Å². The Morgan fingerprint density at radius 1 is 1.19 bits per heavy atom. The Labute approximate surface area is 151 Å². The summed E-state index contributed by atoms with van der Waals surface area (Å²) >= 11 is 0. The van der Waals surface area contributed by atoms with Crippen LogP contribution in [0.2, 0.25) is 0 Å². The van der Waals surface area contributed by atoms with Gasteiger partial charge in [-0.25, -0.2) is 17.5 Å². The van der Waals surface area contributed by atoms with Gasteiger partial charge in [0, 0.05) is 17.3 Å². The summed E-state index contributed by atoms with van der Waals surface area (Å²) in [5, 5.41) is 7.32. The van der Waals surface area contributed by atoms with Crippen LogP contribution in [0.3, 0.4) is 0 Å². The van der Waals surface area contributed by atoms with Crippen molar-refractivity contribution in [2.75, 3.05) is 11.5 Å². The van der Waals surface area contributed by atoms with Crippen molar-refractivity contribution in [2.24, 2.45) is 0 Å². The summed E-state index contributed by atoms with van der Waals surface area (Å²) in [7, 11) is -3.06. The lowest BCUT2D eigenvalue weighted by atomic mass is 9.95. The molecule has 0 radical (unpaired) electrons. The highest BCUT2D eigenvalue weighted by atomic mass is 32.2. The van der Waals surface area contributed by atoms with Crippen LogP contribution in [0.15, 0.2) is 24.3 Å². The quantitative estimate of drug-likeness (QED) is 0.885. The Morgan fingerprint density at radius 3 is 2.62 bits per heavy atom. The minimum absolute atomic E-state index is 0.0143. The van der Waals surface area contributed by atoms with E-state index in [-0.39, 0.29) is 29.3 Å². The fourth-order valence-electron chi connectivity index (χ4n) is 3.74. The van der Waals surface area contributed by atoms with Crippen LogP contribution in [-0.2, 0) is 22.7 Å². The van der Waals surface area contributed by atoms with E-state index in [2.05, 4.69) is 10.4 Å². The predicted molar refractivity (Wildman–Crippen MR) is 94.7 cm³/mol. The third kappa shape index (κ3) is 3.25. The van der Waals surface area contributed by atoms with Gasteiger partial charge in [0.05, 0.1) is 17.2 Å². The SMILES string of the molecule is O=C(N[C@@H]1CCS(=O)(=O)C1)c1nn(-c2ccc(F)cc2)c2c1CCCC2. The monoisotopic (exact) mass is 377 g/mol.